The first-order chi connectivity index (χ1) is 9.00. The summed E-state index contributed by atoms with van der Waals surface area (Å²) < 4.78 is 31.3. The molecular formula is C12H21NO5S. The van der Waals surface area contributed by atoms with Gasteiger partial charge in [0.1, 0.15) is 6.04 Å². The molecule has 2 aliphatic heterocycles. The third kappa shape index (κ3) is 3.67. The fraction of sp³-hybridized carbons (Fsp3) is 0.917. The van der Waals surface area contributed by atoms with Gasteiger partial charge >= 0.3 is 5.97 Å². The Labute approximate surface area is 113 Å². The van der Waals surface area contributed by atoms with Crippen LogP contribution in [0.1, 0.15) is 38.5 Å². The molecule has 2 unspecified atom stereocenters. The van der Waals surface area contributed by atoms with Gasteiger partial charge in [0, 0.05) is 13.2 Å². The quantitative estimate of drug-likeness (QED) is 0.829. The average Bonchev–Trinajstić information content (AvgIpc) is 2.39. The standard InChI is InChI=1S/C12H21NO5S/c14-12(15)11-6-1-3-7-13(11)19(16,17)9-10-5-2-4-8-18-10/h10-11H,1-9H2,(H,14,15). The Morgan fingerprint density at radius 1 is 1.21 bits per heavy atom. The number of carbonyl (C=O) groups is 1. The van der Waals surface area contributed by atoms with Gasteiger partial charge in [-0.25, -0.2) is 8.42 Å². The Hall–Kier alpha value is -0.660. The summed E-state index contributed by atoms with van der Waals surface area (Å²) in [5, 5.41) is 9.14. The van der Waals surface area contributed by atoms with Gasteiger partial charge in [0.2, 0.25) is 10.0 Å². The van der Waals surface area contributed by atoms with E-state index in [4.69, 9.17) is 9.84 Å². The second-order valence-electron chi connectivity index (χ2n) is 5.23. The average molecular weight is 291 g/mol. The minimum absolute atomic E-state index is 0.0865. The molecule has 0 aromatic heterocycles. The Bertz CT molecular complexity index is 416. The summed E-state index contributed by atoms with van der Waals surface area (Å²) in [7, 11) is -3.55. The first-order valence-electron chi connectivity index (χ1n) is 6.84. The predicted octanol–water partition coefficient (Wildman–Crippen LogP) is 0.824. The number of carboxylic acids is 1. The van der Waals surface area contributed by atoms with E-state index in [9.17, 15) is 13.2 Å². The summed E-state index contributed by atoms with van der Waals surface area (Å²) in [5.41, 5.74) is 0. The SMILES string of the molecule is O=C(O)C1CCCCN1S(=O)(=O)CC1CCCCO1. The van der Waals surface area contributed by atoms with Crippen molar-refractivity contribution in [1.82, 2.24) is 4.31 Å². The first kappa shape index (κ1) is 14.7. The normalized spacial score (nSPS) is 30.1. The van der Waals surface area contributed by atoms with Crippen LogP contribution < -0.4 is 0 Å². The lowest BCUT2D eigenvalue weighted by Crippen LogP contribution is -2.50. The van der Waals surface area contributed by atoms with Crippen LogP contribution in [-0.2, 0) is 19.6 Å². The molecule has 7 heteroatoms. The van der Waals surface area contributed by atoms with E-state index in [1.165, 1.54) is 0 Å². The van der Waals surface area contributed by atoms with E-state index in [-0.39, 0.29) is 11.9 Å². The van der Waals surface area contributed by atoms with Crippen molar-refractivity contribution in [2.45, 2.75) is 50.7 Å². The van der Waals surface area contributed by atoms with Crippen molar-refractivity contribution in [2.24, 2.45) is 0 Å². The second kappa shape index (κ2) is 6.19. The van der Waals surface area contributed by atoms with Crippen LogP contribution in [0.2, 0.25) is 0 Å². The summed E-state index contributed by atoms with van der Waals surface area (Å²) in [6.07, 6.45) is 4.30. The smallest absolute Gasteiger partial charge is 0.322 e. The summed E-state index contributed by atoms with van der Waals surface area (Å²) in [6.45, 7) is 0.911. The molecule has 2 heterocycles. The molecule has 0 aromatic rings. The first-order valence-corrected chi connectivity index (χ1v) is 8.45. The van der Waals surface area contributed by atoms with E-state index in [0.29, 0.717) is 19.6 Å². The number of rotatable bonds is 4. The summed E-state index contributed by atoms with van der Waals surface area (Å²) >= 11 is 0. The molecule has 19 heavy (non-hydrogen) atoms. The molecule has 2 fully saturated rings. The van der Waals surface area contributed by atoms with Crippen LogP contribution in [0.15, 0.2) is 0 Å². The van der Waals surface area contributed by atoms with E-state index >= 15 is 0 Å². The molecule has 2 rings (SSSR count). The maximum atomic E-state index is 12.4. The highest BCUT2D eigenvalue weighted by Crippen LogP contribution is 2.23. The Balaban J connectivity index is 2.05. The van der Waals surface area contributed by atoms with Crippen molar-refractivity contribution in [3.8, 4) is 0 Å². The van der Waals surface area contributed by atoms with E-state index < -0.39 is 22.0 Å². The number of hydrogen-bond donors (Lipinski definition) is 1. The van der Waals surface area contributed by atoms with Crippen molar-refractivity contribution < 1.29 is 23.1 Å². The van der Waals surface area contributed by atoms with Gasteiger partial charge in [-0.05, 0) is 38.5 Å². The van der Waals surface area contributed by atoms with Gasteiger partial charge in [0.15, 0.2) is 0 Å². The van der Waals surface area contributed by atoms with Gasteiger partial charge in [0.25, 0.3) is 0 Å². The van der Waals surface area contributed by atoms with Crippen LogP contribution >= 0.6 is 0 Å². The van der Waals surface area contributed by atoms with Crippen LogP contribution in [0.4, 0.5) is 0 Å². The lowest BCUT2D eigenvalue weighted by molar-refractivity contribution is -0.142. The summed E-state index contributed by atoms with van der Waals surface area (Å²) in [6, 6.07) is -0.901. The summed E-state index contributed by atoms with van der Waals surface area (Å²) in [5.74, 6) is -1.13. The fourth-order valence-electron chi connectivity index (χ4n) is 2.75. The number of piperidine rings is 1. The minimum Gasteiger partial charge on any atom is -0.480 e. The van der Waals surface area contributed by atoms with Gasteiger partial charge in [0.05, 0.1) is 11.9 Å². The third-order valence-corrected chi connectivity index (χ3v) is 5.71. The van der Waals surface area contributed by atoms with Crippen LogP contribution in [0.25, 0.3) is 0 Å². The molecule has 0 aromatic carbocycles. The molecule has 0 radical (unpaired) electrons. The molecule has 2 atom stereocenters. The monoisotopic (exact) mass is 291 g/mol. The molecular weight excluding hydrogens is 270 g/mol. The van der Waals surface area contributed by atoms with Gasteiger partial charge in [-0.15, -0.1) is 0 Å². The Morgan fingerprint density at radius 2 is 1.95 bits per heavy atom. The van der Waals surface area contributed by atoms with Crippen LogP contribution in [0.5, 0.6) is 0 Å². The Kier molecular flexibility index (Phi) is 4.81. The molecule has 1 N–H and O–H groups in total. The molecule has 0 bridgehead atoms. The molecule has 2 saturated heterocycles. The predicted molar refractivity (Wildman–Crippen MR) is 69.4 cm³/mol. The van der Waals surface area contributed by atoms with Crippen molar-refractivity contribution in [2.75, 3.05) is 18.9 Å². The molecule has 6 nitrogen and oxygen atoms in total. The van der Waals surface area contributed by atoms with Gasteiger partial charge in [-0.3, -0.25) is 4.79 Å². The molecule has 0 saturated carbocycles. The zero-order valence-corrected chi connectivity index (χ0v) is 11.8. The molecule has 0 spiro atoms. The van der Waals surface area contributed by atoms with Crippen LogP contribution in [0, 0.1) is 0 Å². The number of carboxylic acid groups (broad SMARTS) is 1. The maximum absolute atomic E-state index is 12.4. The van der Waals surface area contributed by atoms with Crippen molar-refractivity contribution in [3.05, 3.63) is 0 Å². The number of nitrogens with zero attached hydrogens (tertiary/aromatic N) is 1. The van der Waals surface area contributed by atoms with Gasteiger partial charge in [-0.2, -0.15) is 4.31 Å². The number of aliphatic carboxylic acids is 1. The highest BCUT2D eigenvalue weighted by atomic mass is 32.2. The van der Waals surface area contributed by atoms with E-state index in [0.717, 1.165) is 36.4 Å². The molecule has 110 valence electrons. The zero-order chi connectivity index (χ0) is 13.9. The van der Waals surface area contributed by atoms with Crippen molar-refractivity contribution in [1.29, 1.82) is 0 Å². The summed E-state index contributed by atoms with van der Waals surface area (Å²) in [4.78, 5) is 11.2. The zero-order valence-electron chi connectivity index (χ0n) is 11.0. The van der Waals surface area contributed by atoms with Gasteiger partial charge < -0.3 is 9.84 Å². The number of hydrogen-bond acceptors (Lipinski definition) is 4. The highest BCUT2D eigenvalue weighted by Gasteiger charge is 2.38. The van der Waals surface area contributed by atoms with Gasteiger partial charge in [-0.1, -0.05) is 0 Å². The second-order valence-corrected chi connectivity index (χ2v) is 7.19. The molecule has 0 aliphatic carbocycles. The minimum atomic E-state index is -3.55. The Morgan fingerprint density at radius 3 is 2.58 bits per heavy atom. The van der Waals surface area contributed by atoms with Crippen molar-refractivity contribution >= 4 is 16.0 Å². The maximum Gasteiger partial charge on any atom is 0.322 e. The fourth-order valence-corrected chi connectivity index (χ4v) is 4.67. The highest BCUT2D eigenvalue weighted by molar-refractivity contribution is 7.89. The van der Waals surface area contributed by atoms with Crippen LogP contribution in [-0.4, -0.2) is 54.8 Å². The largest absolute Gasteiger partial charge is 0.480 e. The number of ether oxygens (including phenoxy) is 1. The lowest BCUT2D eigenvalue weighted by Gasteiger charge is -2.33. The number of sulfonamides is 1. The van der Waals surface area contributed by atoms with E-state index in [1.54, 1.807) is 0 Å². The lowest BCUT2D eigenvalue weighted by atomic mass is 10.1. The van der Waals surface area contributed by atoms with Crippen molar-refractivity contribution in [3.63, 3.8) is 0 Å². The molecule has 0 amide bonds. The van der Waals surface area contributed by atoms with E-state index in [2.05, 4.69) is 0 Å². The molecule has 2 aliphatic rings. The van der Waals surface area contributed by atoms with Crippen LogP contribution in [0.3, 0.4) is 0 Å². The third-order valence-electron chi connectivity index (χ3n) is 3.77. The van der Waals surface area contributed by atoms with E-state index in [1.807, 2.05) is 0 Å². The topological polar surface area (TPSA) is 83.9 Å².